The maximum absolute atomic E-state index is 12.9. The summed E-state index contributed by atoms with van der Waals surface area (Å²) in [5.74, 6) is 2.29. The quantitative estimate of drug-likeness (QED) is 0.632. The van der Waals surface area contributed by atoms with Gasteiger partial charge >= 0.3 is 0 Å². The smallest absolute Gasteiger partial charge is 0.262 e. The van der Waals surface area contributed by atoms with Crippen LogP contribution in [0.3, 0.4) is 0 Å². The van der Waals surface area contributed by atoms with Gasteiger partial charge in [0.15, 0.2) is 5.03 Å². The lowest BCUT2D eigenvalue weighted by atomic mass is 10.3. The second-order valence-electron chi connectivity index (χ2n) is 7.37. The van der Waals surface area contributed by atoms with E-state index in [-0.39, 0.29) is 11.1 Å². The number of aromatic nitrogens is 5. The molecule has 1 aliphatic rings. The highest BCUT2D eigenvalue weighted by Crippen LogP contribution is 2.21. The van der Waals surface area contributed by atoms with Crippen LogP contribution in [0.4, 0.5) is 5.82 Å². The Bertz CT molecular complexity index is 1080. The van der Waals surface area contributed by atoms with E-state index in [0.717, 1.165) is 11.6 Å². The Morgan fingerprint density at radius 3 is 2.28 bits per heavy atom. The van der Waals surface area contributed by atoms with E-state index in [2.05, 4.69) is 19.9 Å². The second kappa shape index (κ2) is 7.60. The van der Waals surface area contributed by atoms with Crippen molar-refractivity contribution >= 4 is 15.8 Å². The molecule has 0 saturated carbocycles. The Morgan fingerprint density at radius 2 is 1.66 bits per heavy atom. The van der Waals surface area contributed by atoms with Crippen molar-refractivity contribution in [3.63, 3.8) is 0 Å². The van der Waals surface area contributed by atoms with E-state index in [1.54, 1.807) is 17.1 Å². The molecule has 4 rings (SSSR count). The third kappa shape index (κ3) is 3.90. The third-order valence-electron chi connectivity index (χ3n) is 5.02. The Balaban J connectivity index is 1.49. The second-order valence-corrected chi connectivity index (χ2v) is 9.25. The number of hydrogen-bond donors (Lipinski definition) is 0. The van der Waals surface area contributed by atoms with Crippen molar-refractivity contribution in [2.45, 2.75) is 31.8 Å². The van der Waals surface area contributed by atoms with Crippen LogP contribution in [0.15, 0.2) is 48.1 Å². The van der Waals surface area contributed by atoms with Gasteiger partial charge in [-0.1, -0.05) is 0 Å². The van der Waals surface area contributed by atoms with Gasteiger partial charge in [-0.05, 0) is 32.9 Å². The number of nitrogens with zero attached hydrogens (tertiary/aromatic N) is 7. The fourth-order valence-corrected chi connectivity index (χ4v) is 4.69. The van der Waals surface area contributed by atoms with Gasteiger partial charge in [0.05, 0.1) is 6.33 Å². The lowest BCUT2D eigenvalue weighted by molar-refractivity contribution is 0.382. The highest BCUT2D eigenvalue weighted by molar-refractivity contribution is 7.89. The van der Waals surface area contributed by atoms with Crippen molar-refractivity contribution in [2.75, 3.05) is 31.1 Å². The first kappa shape index (κ1) is 19.6. The predicted molar refractivity (Wildman–Crippen MR) is 110 cm³/mol. The molecule has 29 heavy (non-hydrogen) atoms. The molecule has 0 aromatic carbocycles. The van der Waals surface area contributed by atoms with Crippen LogP contribution in [0, 0.1) is 6.92 Å². The zero-order chi connectivity index (χ0) is 20.6. The van der Waals surface area contributed by atoms with Crippen molar-refractivity contribution < 1.29 is 8.42 Å². The predicted octanol–water partition coefficient (Wildman–Crippen LogP) is 1.86. The minimum absolute atomic E-state index is 0.104. The van der Waals surface area contributed by atoms with Crippen LogP contribution in [0.5, 0.6) is 0 Å². The first-order valence-corrected chi connectivity index (χ1v) is 11.1. The molecular formula is C19H25N7O2S. The molecular weight excluding hydrogens is 390 g/mol. The third-order valence-corrected chi connectivity index (χ3v) is 6.81. The normalized spacial score (nSPS) is 15.9. The average Bonchev–Trinajstić information content (AvgIpc) is 3.40. The van der Waals surface area contributed by atoms with E-state index < -0.39 is 10.0 Å². The van der Waals surface area contributed by atoms with Gasteiger partial charge < -0.3 is 14.0 Å². The number of sulfonamides is 1. The molecule has 1 fully saturated rings. The number of piperazine rings is 1. The van der Waals surface area contributed by atoms with E-state index in [0.29, 0.717) is 32.0 Å². The van der Waals surface area contributed by atoms with Gasteiger partial charge in [0.2, 0.25) is 0 Å². The van der Waals surface area contributed by atoms with E-state index in [1.807, 2.05) is 55.9 Å². The molecule has 0 bridgehead atoms. The summed E-state index contributed by atoms with van der Waals surface area (Å²) < 4.78 is 31.1. The van der Waals surface area contributed by atoms with E-state index in [4.69, 9.17) is 0 Å². The molecule has 0 aliphatic carbocycles. The summed E-state index contributed by atoms with van der Waals surface area (Å²) in [6.07, 6.45) is 7.04. The molecule has 1 aliphatic heterocycles. The molecule has 3 aromatic heterocycles. The van der Waals surface area contributed by atoms with Crippen LogP contribution in [0.25, 0.3) is 5.82 Å². The largest absolute Gasteiger partial charge is 0.354 e. The summed E-state index contributed by atoms with van der Waals surface area (Å²) in [5.41, 5.74) is 0. The molecule has 9 nitrogen and oxygen atoms in total. The molecule has 0 unspecified atom stereocenters. The monoisotopic (exact) mass is 415 g/mol. The number of imidazole rings is 1. The van der Waals surface area contributed by atoms with Crippen LogP contribution >= 0.6 is 0 Å². The zero-order valence-electron chi connectivity index (χ0n) is 16.8. The average molecular weight is 416 g/mol. The molecule has 3 aromatic rings. The molecule has 0 amide bonds. The molecule has 10 heteroatoms. The van der Waals surface area contributed by atoms with E-state index >= 15 is 0 Å². The van der Waals surface area contributed by atoms with Crippen molar-refractivity contribution in [2.24, 2.45) is 0 Å². The van der Waals surface area contributed by atoms with E-state index in [9.17, 15) is 8.42 Å². The molecule has 0 spiro atoms. The van der Waals surface area contributed by atoms with Crippen LogP contribution in [-0.4, -0.2) is 63.0 Å². The maximum Gasteiger partial charge on any atom is 0.262 e. The topological polar surface area (TPSA) is 89.2 Å². The molecule has 0 N–H and O–H groups in total. The molecule has 0 atom stereocenters. The summed E-state index contributed by atoms with van der Waals surface area (Å²) in [7, 11) is -3.59. The van der Waals surface area contributed by atoms with Crippen molar-refractivity contribution in [3.05, 3.63) is 48.9 Å². The Morgan fingerprint density at radius 1 is 1.00 bits per heavy atom. The SMILES string of the molecule is Cc1nc(N2CCN(S(=O)(=O)c3cn(C(C)C)cn3)CC2)cc(-n2cccc2)n1. The summed E-state index contributed by atoms with van der Waals surface area (Å²) in [4.78, 5) is 15.3. The van der Waals surface area contributed by atoms with Gasteiger partial charge in [-0.3, -0.25) is 0 Å². The maximum atomic E-state index is 12.9. The Hall–Kier alpha value is -2.72. The Labute approximate surface area is 170 Å². The molecule has 4 heterocycles. The van der Waals surface area contributed by atoms with Gasteiger partial charge in [-0.2, -0.15) is 4.31 Å². The summed E-state index contributed by atoms with van der Waals surface area (Å²) in [6, 6.07) is 5.99. The van der Waals surface area contributed by atoms with E-state index in [1.165, 1.54) is 4.31 Å². The minimum Gasteiger partial charge on any atom is -0.354 e. The highest BCUT2D eigenvalue weighted by atomic mass is 32.2. The van der Waals surface area contributed by atoms with Crippen LogP contribution in [0.1, 0.15) is 25.7 Å². The molecule has 1 saturated heterocycles. The summed E-state index contributed by atoms with van der Waals surface area (Å²) >= 11 is 0. The fourth-order valence-electron chi connectivity index (χ4n) is 3.34. The molecule has 154 valence electrons. The van der Waals surface area contributed by atoms with Gasteiger partial charge in [0, 0.05) is 56.9 Å². The number of rotatable bonds is 5. The Kier molecular flexibility index (Phi) is 5.13. The van der Waals surface area contributed by atoms with Gasteiger partial charge in [0.25, 0.3) is 10.0 Å². The number of hydrogen-bond acceptors (Lipinski definition) is 6. The van der Waals surface area contributed by atoms with Crippen LogP contribution < -0.4 is 4.90 Å². The first-order valence-electron chi connectivity index (χ1n) is 9.62. The van der Waals surface area contributed by atoms with Gasteiger partial charge in [0.1, 0.15) is 17.5 Å². The summed E-state index contributed by atoms with van der Waals surface area (Å²) in [5, 5.41) is 0.104. The number of aryl methyl sites for hydroxylation is 1. The first-order chi connectivity index (χ1) is 13.8. The lowest BCUT2D eigenvalue weighted by Gasteiger charge is -2.34. The van der Waals surface area contributed by atoms with Crippen molar-refractivity contribution in [1.82, 2.24) is 28.4 Å². The van der Waals surface area contributed by atoms with Gasteiger partial charge in [-0.15, -0.1) is 0 Å². The van der Waals surface area contributed by atoms with Crippen molar-refractivity contribution in [3.8, 4) is 5.82 Å². The fraction of sp³-hybridized carbons (Fsp3) is 0.421. The summed E-state index contributed by atoms with van der Waals surface area (Å²) in [6.45, 7) is 7.74. The van der Waals surface area contributed by atoms with Crippen molar-refractivity contribution in [1.29, 1.82) is 0 Å². The van der Waals surface area contributed by atoms with Gasteiger partial charge in [-0.25, -0.2) is 23.4 Å². The zero-order valence-corrected chi connectivity index (χ0v) is 17.6. The highest BCUT2D eigenvalue weighted by Gasteiger charge is 2.31. The lowest BCUT2D eigenvalue weighted by Crippen LogP contribution is -2.49. The number of anilines is 1. The standard InChI is InChI=1S/C19H25N7O2S/c1-15(2)25-13-19(20-14-25)29(27,28)26-10-8-24(9-11-26)18-12-17(21-16(3)22-18)23-6-4-5-7-23/h4-7,12-15H,8-11H2,1-3H3. The van der Waals surface area contributed by atoms with Crippen LogP contribution in [-0.2, 0) is 10.0 Å². The minimum atomic E-state index is -3.59. The molecule has 0 radical (unpaired) electrons. The van der Waals surface area contributed by atoms with Crippen LogP contribution in [0.2, 0.25) is 0 Å².